The lowest BCUT2D eigenvalue weighted by Crippen LogP contribution is -2.56. The van der Waals surface area contributed by atoms with E-state index in [1.807, 2.05) is 6.92 Å². The van der Waals surface area contributed by atoms with Gasteiger partial charge < -0.3 is 10.6 Å². The van der Waals surface area contributed by atoms with Crippen LogP contribution in [-0.4, -0.2) is 38.6 Å². The van der Waals surface area contributed by atoms with Crippen LogP contribution in [0.15, 0.2) is 0 Å². The lowest BCUT2D eigenvalue weighted by Gasteiger charge is -2.33. The Hall–Kier alpha value is -1.50. The highest BCUT2D eigenvalue weighted by atomic mass is 16.2. The molecule has 1 aromatic heterocycles. The Balaban J connectivity index is 1.87. The SMILES string of the molecule is CC1(C(=O)NCc2nn[nH]n2)CCCCN1. The Kier molecular flexibility index (Phi) is 3.14. The normalized spacial score (nSPS) is 25.3. The van der Waals surface area contributed by atoms with Crippen molar-refractivity contribution in [3.8, 4) is 0 Å². The number of nitrogens with one attached hydrogen (secondary N) is 3. The zero-order valence-corrected chi connectivity index (χ0v) is 9.29. The lowest BCUT2D eigenvalue weighted by atomic mass is 9.90. The molecular weight excluding hydrogens is 208 g/mol. The number of carbonyl (C=O) groups excluding carboxylic acids is 1. The molecule has 1 aliphatic heterocycles. The fourth-order valence-corrected chi connectivity index (χ4v) is 1.86. The van der Waals surface area contributed by atoms with Crippen LogP contribution in [0.1, 0.15) is 32.0 Å². The molecule has 0 saturated carbocycles. The molecule has 88 valence electrons. The van der Waals surface area contributed by atoms with Gasteiger partial charge in [0, 0.05) is 0 Å². The highest BCUT2D eigenvalue weighted by molar-refractivity contribution is 5.85. The van der Waals surface area contributed by atoms with Gasteiger partial charge in [-0.3, -0.25) is 4.79 Å². The van der Waals surface area contributed by atoms with Crippen LogP contribution in [-0.2, 0) is 11.3 Å². The molecule has 0 radical (unpaired) electrons. The van der Waals surface area contributed by atoms with E-state index >= 15 is 0 Å². The summed E-state index contributed by atoms with van der Waals surface area (Å²) in [5.41, 5.74) is -0.456. The van der Waals surface area contributed by atoms with Crippen LogP contribution in [0.3, 0.4) is 0 Å². The number of H-pyrrole nitrogens is 1. The first-order chi connectivity index (χ1) is 7.71. The van der Waals surface area contributed by atoms with Gasteiger partial charge in [-0.05, 0) is 32.7 Å². The Labute approximate surface area is 93.4 Å². The molecule has 2 heterocycles. The number of carbonyl (C=O) groups is 1. The van der Waals surface area contributed by atoms with Crippen molar-refractivity contribution in [2.45, 2.75) is 38.3 Å². The molecule has 3 N–H and O–H groups in total. The summed E-state index contributed by atoms with van der Waals surface area (Å²) in [6.07, 6.45) is 3.08. The van der Waals surface area contributed by atoms with Crippen molar-refractivity contribution in [2.24, 2.45) is 0 Å². The van der Waals surface area contributed by atoms with Crippen molar-refractivity contribution in [3.05, 3.63) is 5.82 Å². The number of rotatable bonds is 3. The van der Waals surface area contributed by atoms with Crippen LogP contribution in [0.5, 0.6) is 0 Å². The molecule has 1 amide bonds. The van der Waals surface area contributed by atoms with Gasteiger partial charge in [0.1, 0.15) is 0 Å². The predicted octanol–water partition coefficient (Wildman–Crippen LogP) is -0.652. The van der Waals surface area contributed by atoms with Gasteiger partial charge in [-0.1, -0.05) is 5.21 Å². The number of tetrazole rings is 1. The molecular formula is C9H16N6O. The van der Waals surface area contributed by atoms with E-state index in [0.29, 0.717) is 12.4 Å². The van der Waals surface area contributed by atoms with E-state index in [4.69, 9.17) is 0 Å². The minimum absolute atomic E-state index is 0.00278. The van der Waals surface area contributed by atoms with Crippen LogP contribution < -0.4 is 10.6 Å². The highest BCUT2D eigenvalue weighted by Crippen LogP contribution is 2.18. The average molecular weight is 224 g/mol. The quantitative estimate of drug-likeness (QED) is 0.634. The standard InChI is InChI=1S/C9H16N6O/c1-9(4-2-3-5-11-9)8(16)10-6-7-12-14-15-13-7/h11H,2-6H2,1H3,(H,10,16)(H,12,13,14,15). The summed E-state index contributed by atoms with van der Waals surface area (Å²) < 4.78 is 0. The highest BCUT2D eigenvalue weighted by Gasteiger charge is 2.33. The second-order valence-corrected chi connectivity index (χ2v) is 4.23. The van der Waals surface area contributed by atoms with E-state index in [2.05, 4.69) is 31.3 Å². The summed E-state index contributed by atoms with van der Waals surface area (Å²) in [7, 11) is 0. The molecule has 0 spiro atoms. The first kappa shape index (κ1) is 11.0. The largest absolute Gasteiger partial charge is 0.347 e. The number of aromatic amines is 1. The molecule has 1 aliphatic rings. The third kappa shape index (κ3) is 2.35. The van der Waals surface area contributed by atoms with Gasteiger partial charge in [-0.15, -0.1) is 10.2 Å². The fourth-order valence-electron chi connectivity index (χ4n) is 1.86. The fraction of sp³-hybridized carbons (Fsp3) is 0.778. The molecule has 16 heavy (non-hydrogen) atoms. The number of piperidine rings is 1. The van der Waals surface area contributed by atoms with Crippen LogP contribution in [0, 0.1) is 0 Å². The van der Waals surface area contributed by atoms with Crippen molar-refractivity contribution in [1.29, 1.82) is 0 Å². The first-order valence-corrected chi connectivity index (χ1v) is 5.46. The van der Waals surface area contributed by atoms with E-state index in [1.165, 1.54) is 0 Å². The maximum atomic E-state index is 12.0. The molecule has 1 aromatic rings. The molecule has 1 atom stereocenters. The summed E-state index contributed by atoms with van der Waals surface area (Å²) in [4.78, 5) is 12.0. The van der Waals surface area contributed by atoms with Crippen LogP contribution in [0.4, 0.5) is 0 Å². The van der Waals surface area contributed by atoms with Crippen LogP contribution in [0.25, 0.3) is 0 Å². The molecule has 0 aliphatic carbocycles. The topological polar surface area (TPSA) is 95.6 Å². The van der Waals surface area contributed by atoms with Crippen molar-refractivity contribution in [3.63, 3.8) is 0 Å². The molecule has 1 saturated heterocycles. The Morgan fingerprint density at radius 2 is 2.44 bits per heavy atom. The van der Waals surface area contributed by atoms with Gasteiger partial charge in [-0.25, -0.2) is 0 Å². The van der Waals surface area contributed by atoms with E-state index in [1.54, 1.807) is 0 Å². The maximum Gasteiger partial charge on any atom is 0.240 e. The van der Waals surface area contributed by atoms with Gasteiger partial charge in [0.2, 0.25) is 5.91 Å². The molecule has 0 bridgehead atoms. The van der Waals surface area contributed by atoms with E-state index in [9.17, 15) is 4.79 Å². The molecule has 2 rings (SSSR count). The smallest absolute Gasteiger partial charge is 0.240 e. The van der Waals surface area contributed by atoms with Gasteiger partial charge in [0.15, 0.2) is 5.82 Å². The number of hydrogen-bond donors (Lipinski definition) is 3. The van der Waals surface area contributed by atoms with E-state index < -0.39 is 5.54 Å². The van der Waals surface area contributed by atoms with Crippen LogP contribution in [0.2, 0.25) is 0 Å². The number of aromatic nitrogens is 4. The molecule has 7 heteroatoms. The van der Waals surface area contributed by atoms with Crippen LogP contribution >= 0.6 is 0 Å². The summed E-state index contributed by atoms with van der Waals surface area (Å²) in [5.74, 6) is 0.491. The average Bonchev–Trinajstić information content (AvgIpc) is 2.79. The third-order valence-electron chi connectivity index (χ3n) is 2.92. The maximum absolute atomic E-state index is 12.0. The predicted molar refractivity (Wildman–Crippen MR) is 56.3 cm³/mol. The van der Waals surface area contributed by atoms with E-state index in [-0.39, 0.29) is 5.91 Å². The molecule has 0 aromatic carbocycles. The Bertz CT molecular complexity index is 343. The molecule has 1 unspecified atom stereocenters. The zero-order chi connectivity index (χ0) is 11.4. The molecule has 7 nitrogen and oxygen atoms in total. The van der Waals surface area contributed by atoms with E-state index in [0.717, 1.165) is 25.8 Å². The third-order valence-corrected chi connectivity index (χ3v) is 2.92. The van der Waals surface area contributed by atoms with Crippen molar-refractivity contribution >= 4 is 5.91 Å². The number of amides is 1. The van der Waals surface area contributed by atoms with Crippen molar-refractivity contribution in [2.75, 3.05) is 6.54 Å². The van der Waals surface area contributed by atoms with Gasteiger partial charge in [-0.2, -0.15) is 5.21 Å². The van der Waals surface area contributed by atoms with Crippen molar-refractivity contribution in [1.82, 2.24) is 31.3 Å². The van der Waals surface area contributed by atoms with Gasteiger partial charge in [0.05, 0.1) is 12.1 Å². The number of hydrogen-bond acceptors (Lipinski definition) is 5. The van der Waals surface area contributed by atoms with Crippen molar-refractivity contribution < 1.29 is 4.79 Å². The summed E-state index contributed by atoms with van der Waals surface area (Å²) in [6, 6.07) is 0. The monoisotopic (exact) mass is 224 g/mol. The number of nitrogens with zero attached hydrogens (tertiary/aromatic N) is 3. The minimum atomic E-state index is -0.456. The Morgan fingerprint density at radius 1 is 1.56 bits per heavy atom. The second-order valence-electron chi connectivity index (χ2n) is 4.23. The van der Waals surface area contributed by atoms with Gasteiger partial charge >= 0.3 is 0 Å². The minimum Gasteiger partial charge on any atom is -0.347 e. The summed E-state index contributed by atoms with van der Waals surface area (Å²) in [5, 5.41) is 19.4. The second kappa shape index (κ2) is 4.56. The Morgan fingerprint density at radius 3 is 3.06 bits per heavy atom. The summed E-state index contributed by atoms with van der Waals surface area (Å²) in [6.45, 7) is 3.14. The molecule has 1 fully saturated rings. The summed E-state index contributed by atoms with van der Waals surface area (Å²) >= 11 is 0. The van der Waals surface area contributed by atoms with Gasteiger partial charge in [0.25, 0.3) is 0 Å². The zero-order valence-electron chi connectivity index (χ0n) is 9.29. The first-order valence-electron chi connectivity index (χ1n) is 5.46. The lowest BCUT2D eigenvalue weighted by molar-refractivity contribution is -0.128.